The predicted octanol–water partition coefficient (Wildman–Crippen LogP) is -6.33. The van der Waals surface area contributed by atoms with Gasteiger partial charge in [0.25, 0.3) is 0 Å². The van der Waals surface area contributed by atoms with E-state index in [0.29, 0.717) is 30.6 Å². The van der Waals surface area contributed by atoms with Gasteiger partial charge in [-0.15, -0.1) is 0 Å². The molecule has 0 bridgehead atoms. The van der Waals surface area contributed by atoms with Crippen LogP contribution in [0.3, 0.4) is 0 Å². The second kappa shape index (κ2) is 31.7. The quantitative estimate of drug-likeness (QED) is 0.0296. The topological polar surface area (TPSA) is 506 Å². The first-order valence-corrected chi connectivity index (χ1v) is 24.7. The average Bonchev–Trinajstić information content (AvgIpc) is 4.11. The number of aliphatic hydroxyl groups is 2. The lowest BCUT2D eigenvalue weighted by molar-refractivity contribution is -0.146. The molecule has 0 saturated carbocycles. The summed E-state index contributed by atoms with van der Waals surface area (Å²) in [5.41, 5.74) is 12.1. The standard InChI is InChI=1S/C47H69N13O18/c1-23(53-41(71)29(12-13-36(65)66)55-40(70)28(49)6-3-4-14-48)39(69)56-31(18-37(67)68)46(76)60-15-5-7-34(60)44(74)59-38(24(2)62)45(75)51-20-35(64)54-30(17-26-19-50-22-52-26)42(72)58-33(21-61)43(73)57-32(47(77)78)16-25-8-10-27(63)11-9-25/h8-11,19,22-24,28-34,38,61-63H,3-7,12-18,20-21,48-49H2,1-2H3,(H,50,52)(H,51,75)(H,53,71)(H,54,64)(H,55,70)(H,56,69)(H,57,73)(H,58,72)(H,59,74)(H,65,66)(H,67,68)(H,77,78)/t23-,24+,28-,29-,30-,31-,32-,33-,34-,38-/m0/s1. The molecule has 31 nitrogen and oxygen atoms in total. The van der Waals surface area contributed by atoms with Crippen molar-refractivity contribution in [3.05, 3.63) is 48.0 Å². The lowest BCUT2D eigenvalue weighted by atomic mass is 10.1. The Hall–Kier alpha value is -8.29. The van der Waals surface area contributed by atoms with Gasteiger partial charge in [0, 0.05) is 37.7 Å². The smallest absolute Gasteiger partial charge is 0.326 e. The van der Waals surface area contributed by atoms with Gasteiger partial charge in [0.05, 0.1) is 38.0 Å². The summed E-state index contributed by atoms with van der Waals surface area (Å²) in [6.07, 6.45) is -0.154. The molecule has 9 amide bonds. The van der Waals surface area contributed by atoms with Gasteiger partial charge in [0.2, 0.25) is 53.2 Å². The Balaban J connectivity index is 1.66. The molecule has 3 rings (SSSR count). The lowest BCUT2D eigenvalue weighted by Gasteiger charge is -2.30. The number of amides is 9. The summed E-state index contributed by atoms with van der Waals surface area (Å²) < 4.78 is 0. The molecule has 1 fully saturated rings. The molecule has 10 atom stereocenters. The van der Waals surface area contributed by atoms with E-state index in [1.165, 1.54) is 43.7 Å². The van der Waals surface area contributed by atoms with E-state index >= 15 is 0 Å². The molecule has 0 radical (unpaired) electrons. The Morgan fingerprint density at radius 2 is 1.36 bits per heavy atom. The zero-order valence-electron chi connectivity index (χ0n) is 42.8. The first-order valence-electron chi connectivity index (χ1n) is 24.7. The Kier molecular flexibility index (Phi) is 26.0. The maximum atomic E-state index is 13.9. The maximum Gasteiger partial charge on any atom is 0.326 e. The van der Waals surface area contributed by atoms with E-state index in [-0.39, 0.29) is 44.4 Å². The van der Waals surface area contributed by atoms with Crippen molar-refractivity contribution >= 4 is 71.1 Å². The first kappa shape index (κ1) is 64.0. The number of aromatic hydroxyl groups is 1. The summed E-state index contributed by atoms with van der Waals surface area (Å²) in [7, 11) is 0. The summed E-state index contributed by atoms with van der Waals surface area (Å²) in [5, 5.41) is 77.1. The van der Waals surface area contributed by atoms with Crippen molar-refractivity contribution in [2.24, 2.45) is 11.5 Å². The molecule has 1 aromatic carbocycles. The number of likely N-dealkylation sites (tertiary alicyclic amines) is 1. The second-order valence-corrected chi connectivity index (χ2v) is 18.3. The Morgan fingerprint density at radius 3 is 1.95 bits per heavy atom. The number of rotatable bonds is 33. The van der Waals surface area contributed by atoms with Crippen LogP contribution in [0.2, 0.25) is 0 Å². The number of unbranched alkanes of at least 4 members (excludes halogenated alkanes) is 1. The highest BCUT2D eigenvalue weighted by molar-refractivity contribution is 5.99. The van der Waals surface area contributed by atoms with Gasteiger partial charge >= 0.3 is 17.9 Å². The van der Waals surface area contributed by atoms with Gasteiger partial charge in [-0.1, -0.05) is 18.6 Å². The zero-order chi connectivity index (χ0) is 58.2. The molecular weight excluding hydrogens is 1030 g/mol. The Bertz CT molecular complexity index is 2430. The Labute approximate surface area is 445 Å². The van der Waals surface area contributed by atoms with Crippen molar-refractivity contribution in [2.45, 2.75) is 139 Å². The summed E-state index contributed by atoms with van der Waals surface area (Å²) in [6, 6.07) is -8.36. The number of carbonyl (C=O) groups is 12. The molecule has 430 valence electrons. The third kappa shape index (κ3) is 21.0. The van der Waals surface area contributed by atoms with E-state index in [9.17, 15) is 88.2 Å². The number of nitrogens with zero attached hydrogens (tertiary/aromatic N) is 2. The van der Waals surface area contributed by atoms with Gasteiger partial charge in [-0.3, -0.25) is 52.7 Å². The number of phenolic OH excluding ortho intramolecular Hbond substituents is 1. The number of hydrogen-bond donors (Lipinski definition) is 17. The van der Waals surface area contributed by atoms with Gasteiger partial charge in [-0.2, -0.15) is 0 Å². The number of aromatic amines is 1. The highest BCUT2D eigenvalue weighted by Gasteiger charge is 2.41. The SMILES string of the molecule is C[C@H](NC(=O)[C@H](CCC(=O)O)NC(=O)[C@@H](N)CCCCN)C(=O)N[C@@H](CC(=O)O)C(=O)N1CCC[C@H]1C(=O)N[C@H](C(=O)NCC(=O)N[C@@H](Cc1cnc[nH]1)C(=O)N[C@@H](CO)C(=O)N[C@@H](Cc1ccc(O)cc1)C(=O)O)[C@@H](C)O. The average molecular weight is 1100 g/mol. The van der Waals surface area contributed by atoms with Gasteiger partial charge < -0.3 is 94.5 Å². The maximum absolute atomic E-state index is 13.9. The lowest BCUT2D eigenvalue weighted by Crippen LogP contribution is -2.60. The number of nitrogens with one attached hydrogen (secondary N) is 9. The zero-order valence-corrected chi connectivity index (χ0v) is 42.8. The molecule has 2 aromatic rings. The van der Waals surface area contributed by atoms with Gasteiger partial charge in [-0.25, -0.2) is 9.78 Å². The molecule has 1 aliphatic heterocycles. The van der Waals surface area contributed by atoms with E-state index in [0.717, 1.165) is 11.8 Å². The van der Waals surface area contributed by atoms with Crippen LogP contribution in [-0.2, 0) is 70.4 Å². The Morgan fingerprint density at radius 1 is 0.731 bits per heavy atom. The minimum absolute atomic E-state index is 0.0347. The van der Waals surface area contributed by atoms with Gasteiger partial charge in [0.15, 0.2) is 0 Å². The van der Waals surface area contributed by atoms with Crippen molar-refractivity contribution in [3.63, 3.8) is 0 Å². The fraction of sp³-hybridized carbons (Fsp3) is 0.553. The number of carbonyl (C=O) groups excluding carboxylic acids is 9. The van der Waals surface area contributed by atoms with E-state index in [2.05, 4.69) is 52.5 Å². The molecule has 0 unspecified atom stereocenters. The first-order chi connectivity index (χ1) is 36.8. The predicted molar refractivity (Wildman–Crippen MR) is 267 cm³/mol. The van der Waals surface area contributed by atoms with Crippen LogP contribution < -0.4 is 54.0 Å². The summed E-state index contributed by atoms with van der Waals surface area (Å²) >= 11 is 0. The summed E-state index contributed by atoms with van der Waals surface area (Å²) in [6.45, 7) is 0.605. The molecular formula is C47H69N13O18. The third-order valence-electron chi connectivity index (χ3n) is 12.1. The molecule has 78 heavy (non-hydrogen) atoms. The van der Waals surface area contributed by atoms with Crippen LogP contribution in [0.4, 0.5) is 0 Å². The minimum atomic E-state index is -1.83. The molecule has 0 spiro atoms. The third-order valence-corrected chi connectivity index (χ3v) is 12.1. The number of imidazole rings is 1. The number of carboxylic acids is 3. The molecule has 19 N–H and O–H groups in total. The number of phenols is 1. The van der Waals surface area contributed by atoms with Crippen LogP contribution in [0.1, 0.15) is 76.5 Å². The van der Waals surface area contributed by atoms with E-state index in [4.69, 9.17) is 11.5 Å². The highest BCUT2D eigenvalue weighted by atomic mass is 16.4. The number of carboxylic acid groups (broad SMARTS) is 3. The molecule has 1 aromatic heterocycles. The fourth-order valence-corrected chi connectivity index (χ4v) is 7.82. The highest BCUT2D eigenvalue weighted by Crippen LogP contribution is 2.20. The van der Waals surface area contributed by atoms with Crippen LogP contribution in [0, 0.1) is 0 Å². The van der Waals surface area contributed by atoms with Crippen LogP contribution in [0.25, 0.3) is 0 Å². The van der Waals surface area contributed by atoms with E-state index in [1.54, 1.807) is 0 Å². The fourth-order valence-electron chi connectivity index (χ4n) is 7.82. The number of nitrogens with two attached hydrogens (primary N) is 2. The number of H-pyrrole nitrogens is 1. The van der Waals surface area contributed by atoms with Crippen LogP contribution >= 0.6 is 0 Å². The number of aliphatic hydroxyl groups excluding tert-OH is 2. The summed E-state index contributed by atoms with van der Waals surface area (Å²) in [4.78, 5) is 163. The molecule has 2 heterocycles. The van der Waals surface area contributed by atoms with Crippen molar-refractivity contribution in [1.82, 2.24) is 57.4 Å². The van der Waals surface area contributed by atoms with Crippen molar-refractivity contribution in [2.75, 3.05) is 26.2 Å². The second-order valence-electron chi connectivity index (χ2n) is 18.3. The number of benzene rings is 1. The van der Waals surface area contributed by atoms with Crippen LogP contribution in [-0.4, -0.2) is 203 Å². The van der Waals surface area contributed by atoms with Crippen molar-refractivity contribution < 1.29 is 88.2 Å². The minimum Gasteiger partial charge on any atom is -0.508 e. The molecule has 1 saturated heterocycles. The van der Waals surface area contributed by atoms with Crippen LogP contribution in [0.15, 0.2) is 36.8 Å². The van der Waals surface area contributed by atoms with Crippen LogP contribution in [0.5, 0.6) is 5.75 Å². The normalized spacial score (nSPS) is 16.4. The van der Waals surface area contributed by atoms with Crippen molar-refractivity contribution in [3.8, 4) is 5.75 Å². The molecule has 1 aliphatic rings. The molecule has 31 heteroatoms. The van der Waals surface area contributed by atoms with Gasteiger partial charge in [0.1, 0.15) is 54.1 Å². The van der Waals surface area contributed by atoms with E-state index < -0.39 is 164 Å². The number of aliphatic carboxylic acids is 3. The monoisotopic (exact) mass is 1100 g/mol. The van der Waals surface area contributed by atoms with Gasteiger partial charge in [-0.05, 0) is 70.2 Å². The number of aromatic nitrogens is 2. The largest absolute Gasteiger partial charge is 0.508 e. The van der Waals surface area contributed by atoms with Crippen molar-refractivity contribution in [1.29, 1.82) is 0 Å². The number of hydrogen-bond acceptors (Lipinski definition) is 18. The molecule has 0 aliphatic carbocycles. The summed E-state index contributed by atoms with van der Waals surface area (Å²) in [5.74, 6) is -13.6. The van der Waals surface area contributed by atoms with E-state index in [1.807, 2.05) is 0 Å².